The Morgan fingerprint density at radius 1 is 1.39 bits per heavy atom. The Hall–Kier alpha value is -0.870. The topological polar surface area (TPSA) is 49.8 Å². The summed E-state index contributed by atoms with van der Waals surface area (Å²) < 4.78 is 5.72. The van der Waals surface area contributed by atoms with Crippen LogP contribution in [0.5, 0.6) is 0 Å². The molecule has 2 aliphatic carbocycles. The van der Waals surface area contributed by atoms with E-state index in [0.717, 1.165) is 38.9 Å². The summed E-state index contributed by atoms with van der Waals surface area (Å²) in [5.41, 5.74) is 1.14. The first-order chi connectivity index (χ1) is 11.0. The van der Waals surface area contributed by atoms with Gasteiger partial charge in [0.05, 0.1) is 12.0 Å². The summed E-state index contributed by atoms with van der Waals surface area (Å²) in [6, 6.07) is 0. The molecule has 6 atom stereocenters. The van der Waals surface area contributed by atoms with Gasteiger partial charge in [-0.3, -0.25) is 4.79 Å². The molecule has 1 saturated carbocycles. The molecule has 0 amide bonds. The molecule has 2 aliphatic heterocycles. The van der Waals surface area contributed by atoms with Gasteiger partial charge in [0.1, 0.15) is 6.10 Å². The van der Waals surface area contributed by atoms with Crippen molar-refractivity contribution in [2.75, 3.05) is 19.6 Å². The molecule has 0 spiro atoms. The van der Waals surface area contributed by atoms with E-state index in [-0.39, 0.29) is 29.3 Å². The van der Waals surface area contributed by atoms with Gasteiger partial charge in [0, 0.05) is 24.3 Å². The lowest BCUT2D eigenvalue weighted by atomic mass is 9.55. The van der Waals surface area contributed by atoms with Crippen LogP contribution in [-0.4, -0.2) is 47.8 Å². The molecule has 0 radical (unpaired) electrons. The molecule has 0 aromatic heterocycles. The van der Waals surface area contributed by atoms with Crippen molar-refractivity contribution >= 4 is 5.97 Å². The number of likely N-dealkylation sites (tertiary alicyclic amines) is 1. The molecule has 3 fully saturated rings. The smallest absolute Gasteiger partial charge is 0.311 e. The van der Waals surface area contributed by atoms with E-state index in [1.165, 1.54) is 18.4 Å². The van der Waals surface area contributed by atoms with E-state index in [9.17, 15) is 9.90 Å². The van der Waals surface area contributed by atoms with Crippen LogP contribution >= 0.6 is 0 Å². The second kappa shape index (κ2) is 5.59. The van der Waals surface area contributed by atoms with Crippen molar-refractivity contribution in [3.63, 3.8) is 0 Å². The standard InChI is InChI=1S/C19H29NO3/c1-12-6-5-7-13-10-15-16(17(21)19(12,13)2)14(18(22)23-15)11-20-8-3-4-9-20/h7,12,14-17,21H,3-6,8-11H2,1-2H3/t12-,14-,15+,16+,17-,19+/m0/s1. The lowest BCUT2D eigenvalue weighted by Gasteiger charge is -2.51. The quantitative estimate of drug-likeness (QED) is 0.627. The van der Waals surface area contributed by atoms with E-state index in [4.69, 9.17) is 4.74 Å². The minimum atomic E-state index is -0.471. The summed E-state index contributed by atoms with van der Waals surface area (Å²) in [7, 11) is 0. The summed E-state index contributed by atoms with van der Waals surface area (Å²) in [6.45, 7) is 7.38. The maximum absolute atomic E-state index is 12.5. The monoisotopic (exact) mass is 319 g/mol. The average molecular weight is 319 g/mol. The van der Waals surface area contributed by atoms with Gasteiger partial charge in [0.2, 0.25) is 0 Å². The lowest BCUT2D eigenvalue weighted by molar-refractivity contribution is -0.145. The highest BCUT2D eigenvalue weighted by Gasteiger charge is 2.59. The number of nitrogens with zero attached hydrogens (tertiary/aromatic N) is 1. The molecule has 0 aromatic carbocycles. The Balaban J connectivity index is 1.62. The molecular formula is C19H29NO3. The number of aliphatic hydroxyl groups is 1. The third kappa shape index (κ3) is 2.29. The maximum atomic E-state index is 12.5. The van der Waals surface area contributed by atoms with Gasteiger partial charge in [-0.2, -0.15) is 0 Å². The van der Waals surface area contributed by atoms with Crippen LogP contribution in [0, 0.1) is 23.2 Å². The van der Waals surface area contributed by atoms with Gasteiger partial charge >= 0.3 is 5.97 Å². The van der Waals surface area contributed by atoms with Crippen molar-refractivity contribution in [3.05, 3.63) is 11.6 Å². The van der Waals surface area contributed by atoms with Crippen LogP contribution < -0.4 is 0 Å². The summed E-state index contributed by atoms with van der Waals surface area (Å²) in [5, 5.41) is 11.3. The number of hydrogen-bond donors (Lipinski definition) is 1. The highest BCUT2D eigenvalue weighted by Crippen LogP contribution is 2.56. The Kier molecular flexibility index (Phi) is 3.80. The van der Waals surface area contributed by atoms with Gasteiger partial charge in [-0.25, -0.2) is 0 Å². The van der Waals surface area contributed by atoms with Gasteiger partial charge in [-0.1, -0.05) is 25.5 Å². The summed E-state index contributed by atoms with van der Waals surface area (Å²) in [6.07, 6.45) is 7.18. The van der Waals surface area contributed by atoms with E-state index >= 15 is 0 Å². The van der Waals surface area contributed by atoms with Crippen LogP contribution in [0.1, 0.15) is 46.0 Å². The van der Waals surface area contributed by atoms with Crippen LogP contribution in [0.15, 0.2) is 11.6 Å². The third-order valence-corrected chi connectivity index (χ3v) is 7.22. The molecule has 0 bridgehead atoms. The predicted molar refractivity (Wildman–Crippen MR) is 87.7 cm³/mol. The first kappa shape index (κ1) is 15.6. The molecule has 1 N–H and O–H groups in total. The van der Waals surface area contributed by atoms with Gasteiger partial charge in [0.15, 0.2) is 0 Å². The number of fused-ring (bicyclic) bond motifs is 2. The second-order valence-corrected chi connectivity index (χ2v) is 8.31. The highest BCUT2D eigenvalue weighted by atomic mass is 16.6. The maximum Gasteiger partial charge on any atom is 0.311 e. The fraction of sp³-hybridized carbons (Fsp3) is 0.842. The van der Waals surface area contributed by atoms with Gasteiger partial charge < -0.3 is 14.7 Å². The molecule has 0 unspecified atom stereocenters. The average Bonchev–Trinajstić information content (AvgIpc) is 3.12. The lowest BCUT2D eigenvalue weighted by Crippen LogP contribution is -2.54. The van der Waals surface area contributed by atoms with Crippen molar-refractivity contribution < 1.29 is 14.6 Å². The first-order valence-corrected chi connectivity index (χ1v) is 9.32. The van der Waals surface area contributed by atoms with Crippen LogP contribution in [-0.2, 0) is 9.53 Å². The number of ether oxygens (including phenoxy) is 1. The Morgan fingerprint density at radius 3 is 2.87 bits per heavy atom. The summed E-state index contributed by atoms with van der Waals surface area (Å²) >= 11 is 0. The van der Waals surface area contributed by atoms with Gasteiger partial charge in [0.25, 0.3) is 0 Å². The number of rotatable bonds is 2. The second-order valence-electron chi connectivity index (χ2n) is 8.31. The SMILES string of the molecule is C[C@H]1CCC=C2C[C@H]3OC(=O)[C@@H](CN4CCCC4)[C@H]3[C@H](O)[C@@]21C. The van der Waals surface area contributed by atoms with Crippen LogP contribution in [0.3, 0.4) is 0 Å². The molecule has 128 valence electrons. The fourth-order valence-electron chi connectivity index (χ4n) is 5.52. The van der Waals surface area contributed by atoms with E-state index in [1.807, 2.05) is 0 Å². The Morgan fingerprint density at radius 2 is 2.13 bits per heavy atom. The Bertz CT molecular complexity index is 525. The largest absolute Gasteiger partial charge is 0.461 e. The number of carbonyl (C=O) groups excluding carboxylic acids is 1. The minimum absolute atomic E-state index is 0.0363. The number of carbonyl (C=O) groups is 1. The van der Waals surface area contributed by atoms with Crippen molar-refractivity contribution in [1.29, 1.82) is 0 Å². The van der Waals surface area contributed by atoms with E-state index < -0.39 is 6.10 Å². The summed E-state index contributed by atoms with van der Waals surface area (Å²) in [5.74, 6) is 0.189. The first-order valence-electron chi connectivity index (χ1n) is 9.32. The molecule has 2 saturated heterocycles. The molecule has 0 aromatic rings. The van der Waals surface area contributed by atoms with Crippen molar-refractivity contribution in [1.82, 2.24) is 4.90 Å². The number of allylic oxidation sites excluding steroid dienone is 1. The van der Waals surface area contributed by atoms with Crippen molar-refractivity contribution in [2.24, 2.45) is 23.2 Å². The zero-order valence-electron chi connectivity index (χ0n) is 14.3. The van der Waals surface area contributed by atoms with Crippen LogP contribution in [0.4, 0.5) is 0 Å². The molecule has 4 heteroatoms. The zero-order chi connectivity index (χ0) is 16.2. The van der Waals surface area contributed by atoms with E-state index in [0.29, 0.717) is 5.92 Å². The highest BCUT2D eigenvalue weighted by molar-refractivity contribution is 5.76. The molecule has 2 heterocycles. The molecule has 4 aliphatic rings. The normalized spacial score (nSPS) is 47.0. The number of hydrogen-bond acceptors (Lipinski definition) is 4. The molecule has 23 heavy (non-hydrogen) atoms. The third-order valence-electron chi connectivity index (χ3n) is 7.22. The van der Waals surface area contributed by atoms with Gasteiger partial charge in [-0.05, 0) is 44.7 Å². The fourth-order valence-corrected chi connectivity index (χ4v) is 5.52. The molecular weight excluding hydrogens is 290 g/mol. The minimum Gasteiger partial charge on any atom is -0.461 e. The van der Waals surface area contributed by atoms with Crippen molar-refractivity contribution in [3.8, 4) is 0 Å². The van der Waals surface area contributed by atoms with E-state index in [1.54, 1.807) is 0 Å². The number of esters is 1. The van der Waals surface area contributed by atoms with Crippen LogP contribution in [0.25, 0.3) is 0 Å². The molecule has 4 nitrogen and oxygen atoms in total. The molecule has 4 rings (SSSR count). The Labute approximate surface area is 138 Å². The number of aliphatic hydroxyl groups excluding tert-OH is 1. The van der Waals surface area contributed by atoms with Gasteiger partial charge in [-0.15, -0.1) is 0 Å². The van der Waals surface area contributed by atoms with Crippen molar-refractivity contribution in [2.45, 2.75) is 58.2 Å². The predicted octanol–water partition coefficient (Wildman–Crippen LogP) is 2.37. The summed E-state index contributed by atoms with van der Waals surface area (Å²) in [4.78, 5) is 14.9. The van der Waals surface area contributed by atoms with Crippen LogP contribution in [0.2, 0.25) is 0 Å². The van der Waals surface area contributed by atoms with E-state index in [2.05, 4.69) is 24.8 Å². The zero-order valence-corrected chi connectivity index (χ0v) is 14.3.